The van der Waals surface area contributed by atoms with Gasteiger partial charge in [-0.1, -0.05) is 6.07 Å². The minimum Gasteiger partial charge on any atom is -0.504 e. The van der Waals surface area contributed by atoms with Crippen molar-refractivity contribution in [1.29, 1.82) is 0 Å². The molecule has 1 aromatic carbocycles. The zero-order valence-electron chi connectivity index (χ0n) is 11.1. The minimum atomic E-state index is 0.219. The molecule has 18 heavy (non-hydrogen) atoms. The summed E-state index contributed by atoms with van der Waals surface area (Å²) in [6.07, 6.45) is 4.14. The molecule has 1 aromatic rings. The van der Waals surface area contributed by atoms with E-state index in [-0.39, 0.29) is 5.75 Å². The van der Waals surface area contributed by atoms with Crippen molar-refractivity contribution in [3.63, 3.8) is 0 Å². The van der Waals surface area contributed by atoms with Crippen LogP contribution < -0.4 is 4.74 Å². The van der Waals surface area contributed by atoms with E-state index in [1.807, 2.05) is 12.1 Å². The van der Waals surface area contributed by atoms with Crippen molar-refractivity contribution in [2.24, 2.45) is 5.92 Å². The molecule has 1 saturated heterocycles. The van der Waals surface area contributed by atoms with Crippen LogP contribution in [0.15, 0.2) is 18.2 Å². The van der Waals surface area contributed by atoms with E-state index in [4.69, 9.17) is 4.74 Å². The second kappa shape index (κ2) is 4.47. The molecular weight excluding hydrogens is 226 g/mol. The number of rotatable bonds is 3. The van der Waals surface area contributed by atoms with Crippen LogP contribution in [0, 0.1) is 5.92 Å². The molecule has 3 nitrogen and oxygen atoms in total. The summed E-state index contributed by atoms with van der Waals surface area (Å²) >= 11 is 0. The van der Waals surface area contributed by atoms with Crippen LogP contribution in [0.1, 0.15) is 37.8 Å². The lowest BCUT2D eigenvalue weighted by Gasteiger charge is -2.33. The van der Waals surface area contributed by atoms with Gasteiger partial charge in [-0.2, -0.15) is 0 Å². The van der Waals surface area contributed by atoms with Crippen molar-refractivity contribution in [1.82, 2.24) is 4.90 Å². The summed E-state index contributed by atoms with van der Waals surface area (Å²) in [7, 11) is 1.60. The second-order valence-electron chi connectivity index (χ2n) is 5.64. The number of hydrogen-bond acceptors (Lipinski definition) is 3. The quantitative estimate of drug-likeness (QED) is 0.891. The van der Waals surface area contributed by atoms with Crippen molar-refractivity contribution >= 4 is 0 Å². The van der Waals surface area contributed by atoms with E-state index in [0.29, 0.717) is 11.8 Å². The first kappa shape index (κ1) is 11.8. The molecule has 98 valence electrons. The standard InChI is InChI=1S/C15H21NO2/c1-10(16-9-11-3-5-13(16)7-11)12-4-6-14(17)15(8-12)18-2/h4,6,8,10-11,13,17H,3,5,7,9H2,1-2H3. The Balaban J connectivity index is 1.82. The lowest BCUT2D eigenvalue weighted by molar-refractivity contribution is 0.160. The molecule has 0 radical (unpaired) electrons. The Kier molecular flexibility index (Phi) is 2.94. The minimum absolute atomic E-state index is 0.219. The number of phenolic OH excluding ortho intramolecular Hbond substituents is 1. The van der Waals surface area contributed by atoms with Crippen LogP contribution >= 0.6 is 0 Å². The highest BCUT2D eigenvalue weighted by Crippen LogP contribution is 2.42. The summed E-state index contributed by atoms with van der Waals surface area (Å²) in [5.41, 5.74) is 1.23. The second-order valence-corrected chi connectivity index (χ2v) is 5.64. The number of aromatic hydroxyl groups is 1. The first-order chi connectivity index (χ1) is 8.69. The number of nitrogens with zero attached hydrogens (tertiary/aromatic N) is 1. The first-order valence-electron chi connectivity index (χ1n) is 6.81. The number of likely N-dealkylation sites (tertiary alicyclic amines) is 1. The topological polar surface area (TPSA) is 32.7 Å². The molecule has 3 heteroatoms. The third-order valence-corrected chi connectivity index (χ3v) is 4.64. The molecule has 3 unspecified atom stereocenters. The summed E-state index contributed by atoms with van der Waals surface area (Å²) in [5.74, 6) is 1.71. The van der Waals surface area contributed by atoms with Crippen molar-refractivity contribution in [2.45, 2.75) is 38.3 Å². The summed E-state index contributed by atoms with van der Waals surface area (Å²) in [4.78, 5) is 2.61. The number of ether oxygens (including phenoxy) is 1. The van der Waals surface area contributed by atoms with Gasteiger partial charge in [-0.15, -0.1) is 0 Å². The van der Waals surface area contributed by atoms with Gasteiger partial charge in [0.1, 0.15) is 0 Å². The summed E-state index contributed by atoms with van der Waals surface area (Å²) in [6.45, 7) is 3.49. The SMILES string of the molecule is COc1cc(C(C)N2CC3CCC2C3)ccc1O. The van der Waals surface area contributed by atoms with Crippen molar-refractivity contribution in [3.8, 4) is 11.5 Å². The van der Waals surface area contributed by atoms with Gasteiger partial charge in [-0.25, -0.2) is 0 Å². The van der Waals surface area contributed by atoms with E-state index in [2.05, 4.69) is 11.8 Å². The molecule has 1 N–H and O–H groups in total. The Hall–Kier alpha value is -1.22. The number of methoxy groups -OCH3 is 1. The largest absolute Gasteiger partial charge is 0.504 e. The molecule has 2 bridgehead atoms. The van der Waals surface area contributed by atoms with E-state index in [1.54, 1.807) is 13.2 Å². The highest BCUT2D eigenvalue weighted by molar-refractivity contribution is 5.42. The molecular formula is C15H21NO2. The van der Waals surface area contributed by atoms with Crippen LogP contribution in [0.4, 0.5) is 0 Å². The van der Waals surface area contributed by atoms with Crippen LogP contribution in [0.25, 0.3) is 0 Å². The fourth-order valence-electron chi connectivity index (χ4n) is 3.58. The normalized spacial score (nSPS) is 28.6. The molecule has 1 aliphatic heterocycles. The lowest BCUT2D eigenvalue weighted by Crippen LogP contribution is -2.34. The van der Waals surface area contributed by atoms with Gasteiger partial charge in [-0.3, -0.25) is 4.90 Å². The van der Waals surface area contributed by atoms with E-state index in [0.717, 1.165) is 12.0 Å². The molecule has 1 aliphatic carbocycles. The number of piperidine rings is 1. The van der Waals surface area contributed by atoms with Gasteiger partial charge in [0.2, 0.25) is 0 Å². The fraction of sp³-hybridized carbons (Fsp3) is 0.600. The highest BCUT2D eigenvalue weighted by atomic mass is 16.5. The maximum atomic E-state index is 9.65. The van der Waals surface area contributed by atoms with Gasteiger partial charge in [0, 0.05) is 18.6 Å². The molecule has 2 fully saturated rings. The van der Waals surface area contributed by atoms with Gasteiger partial charge in [0.05, 0.1) is 7.11 Å². The number of fused-ring (bicyclic) bond motifs is 2. The summed E-state index contributed by atoms with van der Waals surface area (Å²) < 4.78 is 5.19. The van der Waals surface area contributed by atoms with Crippen molar-refractivity contribution < 1.29 is 9.84 Å². The summed E-state index contributed by atoms with van der Waals surface area (Å²) in [5, 5.41) is 9.65. The average Bonchev–Trinajstić information content (AvgIpc) is 3.00. The third-order valence-electron chi connectivity index (χ3n) is 4.64. The maximum Gasteiger partial charge on any atom is 0.160 e. The Bertz CT molecular complexity index is 446. The molecule has 1 saturated carbocycles. The predicted molar refractivity (Wildman–Crippen MR) is 70.9 cm³/mol. The molecule has 0 spiro atoms. The van der Waals surface area contributed by atoms with Crippen LogP contribution in [0.2, 0.25) is 0 Å². The molecule has 3 atom stereocenters. The van der Waals surface area contributed by atoms with Crippen LogP contribution in [0.3, 0.4) is 0 Å². The Morgan fingerprint density at radius 1 is 1.39 bits per heavy atom. The lowest BCUT2D eigenvalue weighted by atomic mass is 10.0. The monoisotopic (exact) mass is 247 g/mol. The van der Waals surface area contributed by atoms with Crippen LogP contribution in [-0.2, 0) is 0 Å². The number of hydrogen-bond donors (Lipinski definition) is 1. The van der Waals surface area contributed by atoms with Gasteiger partial charge >= 0.3 is 0 Å². The number of benzene rings is 1. The number of phenols is 1. The first-order valence-corrected chi connectivity index (χ1v) is 6.81. The van der Waals surface area contributed by atoms with Crippen molar-refractivity contribution in [3.05, 3.63) is 23.8 Å². The van der Waals surface area contributed by atoms with Gasteiger partial charge in [-0.05, 0) is 49.8 Å². The smallest absolute Gasteiger partial charge is 0.160 e. The Morgan fingerprint density at radius 2 is 2.22 bits per heavy atom. The molecule has 2 aliphatic rings. The Labute approximate surface area is 108 Å². The average molecular weight is 247 g/mol. The predicted octanol–water partition coefficient (Wildman–Crippen LogP) is 2.95. The van der Waals surface area contributed by atoms with Gasteiger partial charge in [0.25, 0.3) is 0 Å². The zero-order chi connectivity index (χ0) is 12.7. The van der Waals surface area contributed by atoms with E-state index in [1.165, 1.54) is 31.4 Å². The molecule has 0 amide bonds. The molecule has 0 aromatic heterocycles. The fourth-order valence-corrected chi connectivity index (χ4v) is 3.58. The van der Waals surface area contributed by atoms with Gasteiger partial charge < -0.3 is 9.84 Å². The molecule has 3 rings (SSSR count). The van der Waals surface area contributed by atoms with E-state index >= 15 is 0 Å². The van der Waals surface area contributed by atoms with Crippen LogP contribution in [0.5, 0.6) is 11.5 Å². The third kappa shape index (κ3) is 1.87. The Morgan fingerprint density at radius 3 is 2.83 bits per heavy atom. The van der Waals surface area contributed by atoms with Gasteiger partial charge in [0.15, 0.2) is 11.5 Å². The highest BCUT2D eigenvalue weighted by Gasteiger charge is 2.40. The molecule has 1 heterocycles. The van der Waals surface area contributed by atoms with Crippen LogP contribution in [-0.4, -0.2) is 29.7 Å². The zero-order valence-corrected chi connectivity index (χ0v) is 11.1. The van der Waals surface area contributed by atoms with E-state index in [9.17, 15) is 5.11 Å². The van der Waals surface area contributed by atoms with Crippen molar-refractivity contribution in [2.75, 3.05) is 13.7 Å². The maximum absolute atomic E-state index is 9.65. The summed E-state index contributed by atoms with van der Waals surface area (Å²) in [6, 6.07) is 6.89. The van der Waals surface area contributed by atoms with E-state index < -0.39 is 0 Å².